The molecule has 1 unspecified atom stereocenters. The van der Waals surface area contributed by atoms with E-state index in [4.69, 9.17) is 10.5 Å². The summed E-state index contributed by atoms with van der Waals surface area (Å²) in [4.78, 5) is 3.93. The molecule has 0 amide bonds. The summed E-state index contributed by atoms with van der Waals surface area (Å²) in [6, 6.07) is 2.55. The second-order valence-corrected chi connectivity index (χ2v) is 3.48. The van der Waals surface area contributed by atoms with Crippen molar-refractivity contribution in [3.05, 3.63) is 41.7 Å². The number of pyridine rings is 1. The lowest BCUT2D eigenvalue weighted by Gasteiger charge is -2.20. The van der Waals surface area contributed by atoms with Gasteiger partial charge < -0.3 is 10.5 Å². The van der Waals surface area contributed by atoms with Crippen LogP contribution in [0.2, 0.25) is 0 Å². The topological polar surface area (TPSA) is 48.1 Å². The van der Waals surface area contributed by atoms with Crippen molar-refractivity contribution in [2.24, 2.45) is 5.73 Å². The van der Waals surface area contributed by atoms with Gasteiger partial charge in [0.15, 0.2) is 0 Å². The number of hydrogen-bond donors (Lipinski definition) is 1. The predicted molar refractivity (Wildman–Crippen MR) is 54.4 cm³/mol. The molecular formula is C11H13FN2O. The first-order chi connectivity index (χ1) is 7.27. The van der Waals surface area contributed by atoms with Crippen molar-refractivity contribution in [1.82, 2.24) is 4.98 Å². The number of rotatable bonds is 2. The van der Waals surface area contributed by atoms with Gasteiger partial charge in [0.05, 0.1) is 18.5 Å². The number of ether oxygens (including phenoxy) is 1. The Balaban J connectivity index is 2.16. The fourth-order valence-corrected chi connectivity index (χ4v) is 1.51. The molecule has 0 saturated carbocycles. The summed E-state index contributed by atoms with van der Waals surface area (Å²) in [5.74, 6) is 0.379. The number of allylic oxidation sites excluding steroid dienone is 1. The lowest BCUT2D eigenvalue weighted by molar-refractivity contribution is 0.175. The van der Waals surface area contributed by atoms with Crippen LogP contribution in [0.4, 0.5) is 4.39 Å². The van der Waals surface area contributed by atoms with E-state index in [1.165, 1.54) is 12.3 Å². The molecule has 1 atom stereocenters. The first kappa shape index (κ1) is 10.1. The molecule has 1 aromatic rings. The second-order valence-electron chi connectivity index (χ2n) is 3.48. The fourth-order valence-electron chi connectivity index (χ4n) is 1.51. The molecule has 0 aromatic carbocycles. The van der Waals surface area contributed by atoms with Gasteiger partial charge in [0, 0.05) is 0 Å². The van der Waals surface area contributed by atoms with E-state index < -0.39 is 0 Å². The third-order valence-electron chi connectivity index (χ3n) is 2.34. The zero-order valence-electron chi connectivity index (χ0n) is 8.32. The highest BCUT2D eigenvalue weighted by atomic mass is 19.1. The van der Waals surface area contributed by atoms with Crippen LogP contribution in [0.3, 0.4) is 0 Å². The summed E-state index contributed by atoms with van der Waals surface area (Å²) in [6.45, 7) is 0.695. The molecule has 2 N–H and O–H groups in total. The van der Waals surface area contributed by atoms with Gasteiger partial charge in [0.25, 0.3) is 0 Å². The van der Waals surface area contributed by atoms with Gasteiger partial charge in [-0.1, -0.05) is 0 Å². The molecule has 2 heterocycles. The zero-order valence-corrected chi connectivity index (χ0v) is 8.32. The quantitative estimate of drug-likeness (QED) is 0.807. The van der Waals surface area contributed by atoms with Gasteiger partial charge in [-0.3, -0.25) is 4.98 Å². The van der Waals surface area contributed by atoms with Crippen LogP contribution in [-0.2, 0) is 4.74 Å². The number of halogens is 1. The molecule has 3 nitrogen and oxygen atoms in total. The van der Waals surface area contributed by atoms with E-state index in [2.05, 4.69) is 4.98 Å². The predicted octanol–water partition coefficient (Wildman–Crippen LogP) is 1.91. The minimum absolute atomic E-state index is 0.357. The minimum atomic E-state index is -0.383. The molecular weight excluding hydrogens is 195 g/mol. The Morgan fingerprint density at radius 1 is 1.47 bits per heavy atom. The van der Waals surface area contributed by atoms with Crippen molar-refractivity contribution in [3.8, 4) is 0 Å². The molecule has 1 aliphatic heterocycles. The molecule has 80 valence electrons. The molecule has 0 saturated heterocycles. The Bertz CT molecular complexity index is 361. The SMILES string of the molecule is NC(C1=CCCCO1)c1ccc(F)cn1. The Morgan fingerprint density at radius 3 is 2.93 bits per heavy atom. The maximum atomic E-state index is 12.6. The average molecular weight is 208 g/mol. The van der Waals surface area contributed by atoms with Crippen LogP contribution in [0.5, 0.6) is 0 Å². The lowest BCUT2D eigenvalue weighted by atomic mass is 10.1. The average Bonchev–Trinajstić information content (AvgIpc) is 2.30. The van der Waals surface area contributed by atoms with E-state index in [9.17, 15) is 4.39 Å². The monoisotopic (exact) mass is 208 g/mol. The van der Waals surface area contributed by atoms with Crippen LogP contribution >= 0.6 is 0 Å². The minimum Gasteiger partial charge on any atom is -0.496 e. The Labute approximate surface area is 87.8 Å². The Kier molecular flexibility index (Phi) is 2.97. The normalized spacial score (nSPS) is 17.9. The van der Waals surface area contributed by atoms with Crippen molar-refractivity contribution in [2.45, 2.75) is 18.9 Å². The standard InChI is InChI=1S/C11H13FN2O/c12-8-4-5-9(14-7-8)11(13)10-3-1-2-6-15-10/h3-5,7,11H,1-2,6,13H2. The molecule has 0 radical (unpaired) electrons. The van der Waals surface area contributed by atoms with Crippen molar-refractivity contribution in [3.63, 3.8) is 0 Å². The Morgan fingerprint density at radius 2 is 2.33 bits per heavy atom. The van der Waals surface area contributed by atoms with E-state index in [-0.39, 0.29) is 11.9 Å². The van der Waals surface area contributed by atoms with E-state index in [1.54, 1.807) is 6.07 Å². The van der Waals surface area contributed by atoms with Gasteiger partial charge in [-0.15, -0.1) is 0 Å². The van der Waals surface area contributed by atoms with Crippen LogP contribution < -0.4 is 5.73 Å². The largest absolute Gasteiger partial charge is 0.496 e. The molecule has 0 aliphatic carbocycles. The fraction of sp³-hybridized carbons (Fsp3) is 0.364. The summed E-state index contributed by atoms with van der Waals surface area (Å²) in [7, 11) is 0. The molecule has 2 rings (SSSR count). The molecule has 0 bridgehead atoms. The summed E-state index contributed by atoms with van der Waals surface area (Å²) in [6.07, 6.45) is 5.13. The van der Waals surface area contributed by atoms with E-state index >= 15 is 0 Å². The smallest absolute Gasteiger partial charge is 0.141 e. The van der Waals surface area contributed by atoms with Crippen molar-refractivity contribution in [2.75, 3.05) is 6.61 Å². The van der Waals surface area contributed by atoms with Crippen molar-refractivity contribution < 1.29 is 9.13 Å². The van der Waals surface area contributed by atoms with Gasteiger partial charge in [-0.25, -0.2) is 4.39 Å². The summed E-state index contributed by atoms with van der Waals surface area (Å²) < 4.78 is 18.1. The molecule has 0 fully saturated rings. The van der Waals surface area contributed by atoms with Gasteiger partial charge >= 0.3 is 0 Å². The molecule has 15 heavy (non-hydrogen) atoms. The van der Waals surface area contributed by atoms with E-state index in [1.807, 2.05) is 6.08 Å². The molecule has 1 aliphatic rings. The Hall–Kier alpha value is -1.42. The maximum absolute atomic E-state index is 12.6. The molecule has 0 spiro atoms. The highest BCUT2D eigenvalue weighted by Gasteiger charge is 2.16. The van der Waals surface area contributed by atoms with Gasteiger partial charge in [0.1, 0.15) is 17.6 Å². The van der Waals surface area contributed by atoms with Gasteiger partial charge in [0.2, 0.25) is 0 Å². The lowest BCUT2D eigenvalue weighted by Crippen LogP contribution is -2.19. The zero-order chi connectivity index (χ0) is 10.7. The number of nitrogens with zero attached hydrogens (tertiary/aromatic N) is 1. The highest BCUT2D eigenvalue weighted by molar-refractivity contribution is 5.19. The second kappa shape index (κ2) is 4.40. The van der Waals surface area contributed by atoms with Crippen molar-refractivity contribution >= 4 is 0 Å². The highest BCUT2D eigenvalue weighted by Crippen LogP contribution is 2.22. The van der Waals surface area contributed by atoms with Crippen LogP contribution in [0.25, 0.3) is 0 Å². The third-order valence-corrected chi connectivity index (χ3v) is 2.34. The van der Waals surface area contributed by atoms with E-state index in [0.29, 0.717) is 12.3 Å². The summed E-state index contributed by atoms with van der Waals surface area (Å²) in [5.41, 5.74) is 6.57. The number of aromatic nitrogens is 1. The van der Waals surface area contributed by atoms with Crippen LogP contribution in [0, 0.1) is 5.82 Å². The van der Waals surface area contributed by atoms with Crippen LogP contribution in [0.15, 0.2) is 30.2 Å². The number of nitrogens with two attached hydrogens (primary N) is 1. The summed E-state index contributed by atoms with van der Waals surface area (Å²) in [5, 5.41) is 0. The summed E-state index contributed by atoms with van der Waals surface area (Å²) >= 11 is 0. The van der Waals surface area contributed by atoms with Crippen molar-refractivity contribution in [1.29, 1.82) is 0 Å². The molecule has 1 aromatic heterocycles. The van der Waals surface area contributed by atoms with Gasteiger partial charge in [-0.2, -0.15) is 0 Å². The maximum Gasteiger partial charge on any atom is 0.141 e. The molecule has 4 heteroatoms. The number of hydrogen-bond acceptors (Lipinski definition) is 3. The van der Waals surface area contributed by atoms with Crippen LogP contribution in [0.1, 0.15) is 24.6 Å². The first-order valence-corrected chi connectivity index (χ1v) is 4.97. The van der Waals surface area contributed by atoms with E-state index in [0.717, 1.165) is 18.6 Å². The third kappa shape index (κ3) is 2.33. The van der Waals surface area contributed by atoms with Gasteiger partial charge in [-0.05, 0) is 31.1 Å². The first-order valence-electron chi connectivity index (χ1n) is 4.97. The van der Waals surface area contributed by atoms with Crippen LogP contribution in [-0.4, -0.2) is 11.6 Å².